The fraction of sp³-hybridized carbons (Fsp3) is 0.296. The molecule has 1 N–H and O–H groups in total. The van der Waals surface area contributed by atoms with E-state index in [1.54, 1.807) is 43.3 Å². The monoisotopic (exact) mass is 437 g/mol. The minimum absolute atomic E-state index is 0.101. The van der Waals surface area contributed by atoms with E-state index in [2.05, 4.69) is 38.1 Å². The lowest BCUT2D eigenvalue weighted by atomic mass is 10.1. The van der Waals surface area contributed by atoms with E-state index in [4.69, 9.17) is 4.74 Å². The molecule has 0 spiro atoms. The molecule has 0 aliphatic rings. The van der Waals surface area contributed by atoms with Gasteiger partial charge >= 0.3 is 0 Å². The molecule has 0 radical (unpaired) electrons. The van der Waals surface area contributed by atoms with Gasteiger partial charge in [0.1, 0.15) is 23.3 Å². The molecule has 1 unspecified atom stereocenters. The van der Waals surface area contributed by atoms with Crippen LogP contribution in [0.2, 0.25) is 0 Å². The maximum Gasteiger partial charge on any atom is 0.157 e. The minimum atomic E-state index is -0.391. The predicted molar refractivity (Wildman–Crippen MR) is 133 cm³/mol. The molecule has 0 aliphatic carbocycles. The van der Waals surface area contributed by atoms with Gasteiger partial charge in [0.2, 0.25) is 0 Å². The Morgan fingerprint density at radius 2 is 1.56 bits per heavy atom. The van der Waals surface area contributed by atoms with Gasteiger partial charge in [-0.05, 0) is 48.9 Å². The molecule has 0 aliphatic heterocycles. The summed E-state index contributed by atoms with van der Waals surface area (Å²) in [6, 6.07) is 21.6. The number of nitroso groups, excluding NO2 is 1. The first-order chi connectivity index (χ1) is 15.5. The number of hydrogen-bond acceptors (Lipinski definition) is 5. The number of hydrogen-bond donors (Lipinski definition) is 1. The van der Waals surface area contributed by atoms with Crippen LogP contribution in [0.15, 0.2) is 78.0 Å². The first kappa shape index (κ1) is 28.5. The van der Waals surface area contributed by atoms with Gasteiger partial charge in [-0.25, -0.2) is 0 Å². The molecule has 0 bridgehead atoms. The number of phenols is 1. The number of phenolic OH excluding ortho intramolecular Hbond substituents is 1. The quantitative estimate of drug-likeness (QED) is 0.322. The summed E-state index contributed by atoms with van der Waals surface area (Å²) in [5, 5.41) is 12.5. The van der Waals surface area contributed by atoms with Gasteiger partial charge in [0.15, 0.2) is 6.29 Å². The Hall–Kier alpha value is -3.47. The Labute approximate surface area is 192 Å². The number of carbonyl (C=O) groups excluding carboxylic acids is 1. The zero-order valence-corrected chi connectivity index (χ0v) is 19.9. The maximum atomic E-state index is 11.0. The van der Waals surface area contributed by atoms with Gasteiger partial charge in [0.25, 0.3) is 0 Å². The van der Waals surface area contributed by atoms with Gasteiger partial charge in [0.05, 0.1) is 5.56 Å². The topological polar surface area (TPSA) is 76.0 Å². The summed E-state index contributed by atoms with van der Waals surface area (Å²) < 4.78 is 5.67. The summed E-state index contributed by atoms with van der Waals surface area (Å²) in [7, 11) is 0. The van der Waals surface area contributed by atoms with Gasteiger partial charge in [-0.3, -0.25) is 4.79 Å². The molecular formula is C27H35NO4. The van der Waals surface area contributed by atoms with Gasteiger partial charge < -0.3 is 9.84 Å². The van der Waals surface area contributed by atoms with Crippen molar-refractivity contribution in [1.29, 1.82) is 0 Å². The van der Waals surface area contributed by atoms with E-state index in [0.717, 1.165) is 5.56 Å². The Morgan fingerprint density at radius 3 is 2.06 bits per heavy atom. The van der Waals surface area contributed by atoms with Crippen molar-refractivity contribution in [2.24, 2.45) is 5.18 Å². The van der Waals surface area contributed by atoms with Crippen LogP contribution in [0, 0.1) is 11.8 Å². The average molecular weight is 438 g/mol. The number of benzene rings is 3. The number of nitrogens with zero attached hydrogens (tertiary/aromatic N) is 1. The van der Waals surface area contributed by atoms with Crippen LogP contribution in [-0.4, -0.2) is 11.4 Å². The number of carbonyl (C=O) groups is 1. The second-order valence-electron chi connectivity index (χ2n) is 6.61. The zero-order valence-electron chi connectivity index (χ0n) is 19.9. The van der Waals surface area contributed by atoms with Crippen LogP contribution in [0.1, 0.15) is 68.6 Å². The van der Waals surface area contributed by atoms with E-state index in [1.807, 2.05) is 32.0 Å². The second-order valence-corrected chi connectivity index (χ2v) is 6.61. The summed E-state index contributed by atoms with van der Waals surface area (Å²) in [5.41, 5.74) is 2.48. The largest absolute Gasteiger partial charge is 0.507 e. The van der Waals surface area contributed by atoms with Crippen molar-refractivity contribution in [1.82, 2.24) is 0 Å². The lowest BCUT2D eigenvalue weighted by Gasteiger charge is -2.16. The SMILES string of the molecule is CC.CC(Oc1cccc(O)c1C=O)c1cccc(N=O)c1.CCC.Cc1ccccc1. The van der Waals surface area contributed by atoms with Crippen LogP contribution in [0.4, 0.5) is 5.69 Å². The van der Waals surface area contributed by atoms with Crippen LogP contribution in [0.5, 0.6) is 11.5 Å². The third-order valence-electron chi connectivity index (χ3n) is 3.85. The van der Waals surface area contributed by atoms with Gasteiger partial charge in [0, 0.05) is 0 Å². The Morgan fingerprint density at radius 1 is 0.969 bits per heavy atom. The van der Waals surface area contributed by atoms with E-state index in [0.29, 0.717) is 12.0 Å². The molecule has 3 aromatic rings. The van der Waals surface area contributed by atoms with E-state index in [1.165, 1.54) is 18.1 Å². The van der Waals surface area contributed by atoms with E-state index < -0.39 is 6.10 Å². The predicted octanol–water partition coefficient (Wildman–Crippen LogP) is 8.18. The summed E-state index contributed by atoms with van der Waals surface area (Å²) in [5.74, 6) is 0.157. The highest BCUT2D eigenvalue weighted by atomic mass is 16.5. The Balaban J connectivity index is 0.000000661. The molecule has 1 atom stereocenters. The zero-order chi connectivity index (χ0) is 24.4. The lowest BCUT2D eigenvalue weighted by molar-refractivity contribution is 0.111. The van der Waals surface area contributed by atoms with Crippen molar-refractivity contribution >= 4 is 12.0 Å². The highest BCUT2D eigenvalue weighted by molar-refractivity contribution is 5.83. The average Bonchev–Trinajstić information content (AvgIpc) is 2.82. The first-order valence-electron chi connectivity index (χ1n) is 10.9. The minimum Gasteiger partial charge on any atom is -0.507 e. The van der Waals surface area contributed by atoms with Crippen molar-refractivity contribution in [2.45, 2.75) is 54.1 Å². The Bertz CT molecular complexity index is 911. The molecule has 32 heavy (non-hydrogen) atoms. The summed E-state index contributed by atoms with van der Waals surface area (Å²) >= 11 is 0. The molecule has 5 nitrogen and oxygen atoms in total. The van der Waals surface area contributed by atoms with E-state index in [9.17, 15) is 14.8 Å². The normalized spacial score (nSPS) is 9.94. The highest BCUT2D eigenvalue weighted by Gasteiger charge is 2.13. The van der Waals surface area contributed by atoms with Crippen molar-refractivity contribution in [3.8, 4) is 11.5 Å². The molecule has 0 aromatic heterocycles. The maximum absolute atomic E-state index is 11.0. The van der Waals surface area contributed by atoms with Crippen LogP contribution in [-0.2, 0) is 0 Å². The van der Waals surface area contributed by atoms with Crippen molar-refractivity contribution in [2.75, 3.05) is 0 Å². The fourth-order valence-corrected chi connectivity index (χ4v) is 2.38. The molecular weight excluding hydrogens is 402 g/mol. The van der Waals surface area contributed by atoms with E-state index >= 15 is 0 Å². The van der Waals surface area contributed by atoms with Crippen molar-refractivity contribution < 1.29 is 14.6 Å². The molecule has 5 heteroatoms. The number of aldehydes is 1. The number of aromatic hydroxyl groups is 1. The van der Waals surface area contributed by atoms with Crippen LogP contribution >= 0.6 is 0 Å². The molecule has 0 heterocycles. The standard InChI is InChI=1S/C15H13NO4.C7H8.C3H8.C2H6/c1-10(11-4-2-5-12(8-11)16-19)20-15-7-3-6-14(18)13(15)9-17;1-7-5-3-2-4-6-7;1-3-2;1-2/h2-10,18H,1H3;2-6H,1H3;3H2,1-2H3;1-2H3. The smallest absolute Gasteiger partial charge is 0.157 e. The summed E-state index contributed by atoms with van der Waals surface area (Å²) in [6.45, 7) is 12.1. The van der Waals surface area contributed by atoms with Crippen LogP contribution in [0.25, 0.3) is 0 Å². The highest BCUT2D eigenvalue weighted by Crippen LogP contribution is 2.30. The third kappa shape index (κ3) is 10.5. The first-order valence-corrected chi connectivity index (χ1v) is 10.9. The van der Waals surface area contributed by atoms with Crippen LogP contribution < -0.4 is 4.74 Å². The lowest BCUT2D eigenvalue weighted by Crippen LogP contribution is -2.04. The third-order valence-corrected chi connectivity index (χ3v) is 3.85. The van der Waals surface area contributed by atoms with Gasteiger partial charge in [-0.1, -0.05) is 88.2 Å². The number of aryl methyl sites for hydroxylation is 1. The number of rotatable bonds is 5. The van der Waals surface area contributed by atoms with Crippen molar-refractivity contribution in [3.63, 3.8) is 0 Å². The summed E-state index contributed by atoms with van der Waals surface area (Å²) in [4.78, 5) is 21.5. The van der Waals surface area contributed by atoms with Gasteiger partial charge in [-0.2, -0.15) is 0 Å². The van der Waals surface area contributed by atoms with Gasteiger partial charge in [-0.15, -0.1) is 4.91 Å². The summed E-state index contributed by atoms with van der Waals surface area (Å²) in [6.07, 6.45) is 1.40. The van der Waals surface area contributed by atoms with Crippen LogP contribution in [0.3, 0.4) is 0 Å². The number of ether oxygens (including phenoxy) is 1. The molecule has 0 saturated heterocycles. The molecule has 172 valence electrons. The molecule has 0 amide bonds. The second kappa shape index (κ2) is 17.2. The molecule has 3 aromatic carbocycles. The molecule has 0 fully saturated rings. The fourth-order valence-electron chi connectivity index (χ4n) is 2.38. The molecule has 3 rings (SSSR count). The molecule has 0 saturated carbocycles. The Kier molecular flexibility index (Phi) is 15.4. The van der Waals surface area contributed by atoms with Crippen molar-refractivity contribution in [3.05, 3.63) is 94.4 Å². The van der Waals surface area contributed by atoms with E-state index in [-0.39, 0.29) is 17.1 Å².